The van der Waals surface area contributed by atoms with E-state index in [0.717, 1.165) is 19.3 Å². The Kier molecular flexibility index (Phi) is 4.37. The van der Waals surface area contributed by atoms with Crippen LogP contribution in [0.2, 0.25) is 0 Å². The van der Waals surface area contributed by atoms with Crippen LogP contribution in [0.25, 0.3) is 0 Å². The van der Waals surface area contributed by atoms with Crippen molar-refractivity contribution in [1.82, 2.24) is 9.88 Å². The topological polar surface area (TPSA) is 73.4 Å². The van der Waals surface area contributed by atoms with Gasteiger partial charge in [-0.25, -0.2) is 0 Å². The third-order valence-corrected chi connectivity index (χ3v) is 3.56. The number of amides is 1. The average molecular weight is 264 g/mol. The van der Waals surface area contributed by atoms with Gasteiger partial charge in [-0.1, -0.05) is 0 Å². The summed E-state index contributed by atoms with van der Waals surface area (Å²) in [5, 5.41) is 9.08. The number of nitrogens with one attached hydrogen (secondary N) is 1. The van der Waals surface area contributed by atoms with Crippen molar-refractivity contribution in [2.75, 3.05) is 13.2 Å². The van der Waals surface area contributed by atoms with Gasteiger partial charge < -0.3 is 15.0 Å². The number of hydrogen-bond acceptors (Lipinski definition) is 3. The zero-order chi connectivity index (χ0) is 13.8. The lowest BCUT2D eigenvalue weighted by molar-refractivity contribution is 0.0568. The van der Waals surface area contributed by atoms with Gasteiger partial charge in [0, 0.05) is 37.0 Å². The first-order valence-electron chi connectivity index (χ1n) is 6.74. The maximum atomic E-state index is 12.5. The van der Waals surface area contributed by atoms with E-state index in [1.54, 1.807) is 11.8 Å². The number of carbonyl (C=O) groups is 1. The lowest BCUT2D eigenvalue weighted by Crippen LogP contribution is -2.44. The first-order valence-corrected chi connectivity index (χ1v) is 6.74. The van der Waals surface area contributed by atoms with Crippen LogP contribution in [-0.4, -0.2) is 40.1 Å². The largest absolute Gasteiger partial charge is 0.396 e. The van der Waals surface area contributed by atoms with Crippen molar-refractivity contribution in [3.63, 3.8) is 0 Å². The van der Waals surface area contributed by atoms with E-state index in [4.69, 9.17) is 5.11 Å². The molecule has 1 aliphatic rings. The minimum Gasteiger partial charge on any atom is -0.396 e. The van der Waals surface area contributed by atoms with Gasteiger partial charge in [0.15, 0.2) is 5.43 Å². The zero-order valence-electron chi connectivity index (χ0n) is 11.2. The van der Waals surface area contributed by atoms with E-state index in [9.17, 15) is 9.59 Å². The fourth-order valence-corrected chi connectivity index (χ4v) is 2.67. The van der Waals surface area contributed by atoms with Crippen molar-refractivity contribution in [2.24, 2.45) is 0 Å². The highest BCUT2D eigenvalue weighted by Gasteiger charge is 2.27. The predicted octanol–water partition coefficient (Wildman–Crippen LogP) is 1.06. The average Bonchev–Trinajstić information content (AvgIpc) is 2.38. The lowest BCUT2D eigenvalue weighted by Gasteiger charge is -2.35. The number of likely N-dealkylation sites (tertiary alicyclic amines) is 1. The number of rotatable bonds is 3. The summed E-state index contributed by atoms with van der Waals surface area (Å²) in [5.74, 6) is -0.140. The maximum absolute atomic E-state index is 12.5. The Hall–Kier alpha value is -1.62. The van der Waals surface area contributed by atoms with Crippen molar-refractivity contribution in [3.05, 3.63) is 33.7 Å². The van der Waals surface area contributed by atoms with E-state index in [2.05, 4.69) is 4.98 Å². The summed E-state index contributed by atoms with van der Waals surface area (Å²) in [6.07, 6.45) is 3.58. The van der Waals surface area contributed by atoms with Gasteiger partial charge in [-0.15, -0.1) is 0 Å². The number of aromatic nitrogens is 1. The number of aromatic amines is 1. The maximum Gasteiger partial charge on any atom is 0.270 e. The summed E-state index contributed by atoms with van der Waals surface area (Å²) in [6, 6.07) is 2.90. The molecule has 0 aromatic carbocycles. The Morgan fingerprint density at radius 2 is 2.26 bits per heavy atom. The Morgan fingerprint density at radius 3 is 2.95 bits per heavy atom. The van der Waals surface area contributed by atoms with Gasteiger partial charge in [-0.05, 0) is 32.6 Å². The molecule has 0 aliphatic carbocycles. The van der Waals surface area contributed by atoms with Gasteiger partial charge in [0.2, 0.25) is 0 Å². The molecule has 0 radical (unpaired) electrons. The van der Waals surface area contributed by atoms with E-state index in [1.165, 1.54) is 12.1 Å². The second kappa shape index (κ2) is 6.02. The SMILES string of the molecule is Cc1cc(=O)cc(C(=O)N2CCCC[C@@H]2CCO)[nH]1. The normalized spacial score (nSPS) is 19.5. The second-order valence-corrected chi connectivity index (χ2v) is 5.07. The molecule has 1 aromatic rings. The molecule has 5 nitrogen and oxygen atoms in total. The van der Waals surface area contributed by atoms with Crippen molar-refractivity contribution in [3.8, 4) is 0 Å². The van der Waals surface area contributed by atoms with Gasteiger partial charge in [0.05, 0.1) is 0 Å². The van der Waals surface area contributed by atoms with Crippen molar-refractivity contribution >= 4 is 5.91 Å². The Bertz CT molecular complexity index is 508. The molecular weight excluding hydrogens is 244 g/mol. The van der Waals surface area contributed by atoms with Crippen molar-refractivity contribution < 1.29 is 9.90 Å². The van der Waals surface area contributed by atoms with Gasteiger partial charge in [-0.3, -0.25) is 9.59 Å². The molecule has 5 heteroatoms. The van der Waals surface area contributed by atoms with Crippen LogP contribution in [0.4, 0.5) is 0 Å². The number of nitrogens with zero attached hydrogens (tertiary/aromatic N) is 1. The smallest absolute Gasteiger partial charge is 0.270 e. The minimum atomic E-state index is -0.157. The van der Waals surface area contributed by atoms with Gasteiger partial charge in [0.1, 0.15) is 5.69 Å². The molecule has 2 rings (SSSR count). The molecule has 0 spiro atoms. The lowest BCUT2D eigenvalue weighted by atomic mass is 9.99. The number of carbonyl (C=O) groups excluding carboxylic acids is 1. The van der Waals surface area contributed by atoms with Crippen LogP contribution in [0.15, 0.2) is 16.9 Å². The van der Waals surface area contributed by atoms with Crippen LogP contribution >= 0.6 is 0 Å². The second-order valence-electron chi connectivity index (χ2n) is 5.07. The number of H-pyrrole nitrogens is 1. The first-order chi connectivity index (χ1) is 9.11. The molecule has 1 aromatic heterocycles. The molecular formula is C14H20N2O3. The first kappa shape index (κ1) is 13.8. The van der Waals surface area contributed by atoms with Gasteiger partial charge >= 0.3 is 0 Å². The molecule has 19 heavy (non-hydrogen) atoms. The Balaban J connectivity index is 2.23. The van der Waals surface area contributed by atoms with Gasteiger partial charge in [-0.2, -0.15) is 0 Å². The molecule has 2 heterocycles. The van der Waals surface area contributed by atoms with E-state index in [0.29, 0.717) is 24.4 Å². The third kappa shape index (κ3) is 3.23. The molecule has 0 unspecified atom stereocenters. The molecule has 2 N–H and O–H groups in total. The third-order valence-electron chi connectivity index (χ3n) is 3.56. The number of piperidine rings is 1. The number of aryl methyl sites for hydroxylation is 1. The summed E-state index contributed by atoms with van der Waals surface area (Å²) in [5.41, 5.74) is 0.872. The van der Waals surface area contributed by atoms with Gasteiger partial charge in [0.25, 0.3) is 5.91 Å². The monoisotopic (exact) mass is 264 g/mol. The van der Waals surface area contributed by atoms with Crippen molar-refractivity contribution in [1.29, 1.82) is 0 Å². The molecule has 1 fully saturated rings. The molecule has 1 atom stereocenters. The molecule has 0 bridgehead atoms. The summed E-state index contributed by atoms with van der Waals surface area (Å²) >= 11 is 0. The summed E-state index contributed by atoms with van der Waals surface area (Å²) in [4.78, 5) is 28.7. The van der Waals surface area contributed by atoms with Crippen LogP contribution in [0, 0.1) is 6.92 Å². The summed E-state index contributed by atoms with van der Waals surface area (Å²) in [7, 11) is 0. The van der Waals surface area contributed by atoms with E-state index >= 15 is 0 Å². The molecule has 1 amide bonds. The summed E-state index contributed by atoms with van der Waals surface area (Å²) in [6.45, 7) is 2.54. The highest BCUT2D eigenvalue weighted by atomic mass is 16.3. The Labute approximate surface area is 112 Å². The quantitative estimate of drug-likeness (QED) is 0.857. The van der Waals surface area contributed by atoms with E-state index < -0.39 is 0 Å². The fraction of sp³-hybridized carbons (Fsp3) is 0.571. The van der Waals surface area contributed by atoms with Crippen LogP contribution in [0.5, 0.6) is 0 Å². The van der Waals surface area contributed by atoms with Crippen LogP contribution in [0.3, 0.4) is 0 Å². The Morgan fingerprint density at radius 1 is 1.47 bits per heavy atom. The van der Waals surface area contributed by atoms with E-state index in [-0.39, 0.29) is 24.0 Å². The molecule has 104 valence electrons. The number of pyridine rings is 1. The highest BCUT2D eigenvalue weighted by Crippen LogP contribution is 2.21. The molecule has 1 saturated heterocycles. The standard InChI is InChI=1S/C14H20N2O3/c1-10-8-12(18)9-13(15-10)14(19)16-6-3-2-4-11(16)5-7-17/h8-9,11,17H,2-7H2,1H3,(H,15,18)/t11-/m1/s1. The minimum absolute atomic E-state index is 0.0789. The fourth-order valence-electron chi connectivity index (χ4n) is 2.67. The van der Waals surface area contributed by atoms with E-state index in [1.807, 2.05) is 0 Å². The molecule has 1 aliphatic heterocycles. The number of hydrogen-bond donors (Lipinski definition) is 2. The van der Waals surface area contributed by atoms with Crippen LogP contribution in [-0.2, 0) is 0 Å². The van der Waals surface area contributed by atoms with Crippen molar-refractivity contribution in [2.45, 2.75) is 38.6 Å². The van der Waals surface area contributed by atoms with Crippen LogP contribution < -0.4 is 5.43 Å². The summed E-state index contributed by atoms with van der Waals surface area (Å²) < 4.78 is 0. The highest BCUT2D eigenvalue weighted by molar-refractivity contribution is 5.92. The number of aliphatic hydroxyl groups excluding tert-OH is 1. The number of aliphatic hydroxyl groups is 1. The molecule has 0 saturated carbocycles. The predicted molar refractivity (Wildman–Crippen MR) is 72.2 cm³/mol. The van der Waals surface area contributed by atoms with Crippen LogP contribution in [0.1, 0.15) is 41.9 Å². The zero-order valence-corrected chi connectivity index (χ0v) is 11.2.